The van der Waals surface area contributed by atoms with Gasteiger partial charge in [-0.3, -0.25) is 0 Å². The molecule has 0 amide bonds. The van der Waals surface area contributed by atoms with Crippen molar-refractivity contribution in [3.8, 4) is 22.7 Å². The lowest BCUT2D eigenvalue weighted by atomic mass is 9.90. The van der Waals surface area contributed by atoms with Crippen molar-refractivity contribution in [3.05, 3.63) is 77.9 Å². The quantitative estimate of drug-likeness (QED) is 0.520. The second-order valence-corrected chi connectivity index (χ2v) is 8.39. The number of hydrogen-bond acceptors (Lipinski definition) is 5. The number of quaternary nitrogens is 1. The van der Waals surface area contributed by atoms with Crippen LogP contribution in [0.1, 0.15) is 30.1 Å². The summed E-state index contributed by atoms with van der Waals surface area (Å²) in [7, 11) is 0. The Balaban J connectivity index is 1.23. The van der Waals surface area contributed by atoms with Crippen molar-refractivity contribution >= 4 is 0 Å². The largest absolute Gasteiger partial charge is 0.415 e. The molecule has 6 heteroatoms. The summed E-state index contributed by atoms with van der Waals surface area (Å²) in [5.41, 5.74) is 3.93. The lowest BCUT2D eigenvalue weighted by Crippen LogP contribution is -3.11. The molecule has 1 fully saturated rings. The predicted octanol–water partition coefficient (Wildman–Crippen LogP) is 3.74. The van der Waals surface area contributed by atoms with Crippen molar-refractivity contribution < 1.29 is 13.8 Å². The van der Waals surface area contributed by atoms with Gasteiger partial charge in [0.1, 0.15) is 17.0 Å². The number of likely N-dealkylation sites (tertiary alicyclic amines) is 1. The van der Waals surface area contributed by atoms with Crippen LogP contribution in [-0.4, -0.2) is 28.4 Å². The van der Waals surface area contributed by atoms with Crippen LogP contribution in [0, 0.1) is 12.8 Å². The second-order valence-electron chi connectivity index (χ2n) is 8.39. The van der Waals surface area contributed by atoms with Crippen molar-refractivity contribution in [1.82, 2.24) is 15.4 Å². The Morgan fingerprint density at radius 1 is 0.935 bits per heavy atom. The summed E-state index contributed by atoms with van der Waals surface area (Å²) in [5, 5.41) is 12.9. The Kier molecular flexibility index (Phi) is 5.63. The molecular formula is C25H27N4O2+. The monoisotopic (exact) mass is 415 g/mol. The van der Waals surface area contributed by atoms with Crippen molar-refractivity contribution in [2.24, 2.45) is 5.92 Å². The normalized spacial score (nSPS) is 18.9. The van der Waals surface area contributed by atoms with E-state index in [2.05, 4.69) is 45.7 Å². The number of nitrogens with one attached hydrogen (secondary N) is 1. The lowest BCUT2D eigenvalue weighted by Gasteiger charge is -2.28. The zero-order valence-corrected chi connectivity index (χ0v) is 17.8. The van der Waals surface area contributed by atoms with E-state index >= 15 is 0 Å². The molecule has 0 atom stereocenters. The van der Waals surface area contributed by atoms with Gasteiger partial charge in [0, 0.05) is 5.56 Å². The molecule has 1 aliphatic heterocycles. The van der Waals surface area contributed by atoms with Gasteiger partial charge in [-0.15, -0.1) is 10.2 Å². The summed E-state index contributed by atoms with van der Waals surface area (Å²) in [6.07, 6.45) is 3.64. The first-order valence-electron chi connectivity index (χ1n) is 11.0. The zero-order valence-electron chi connectivity index (χ0n) is 17.8. The molecule has 1 saturated heterocycles. The van der Waals surface area contributed by atoms with Crippen LogP contribution in [-0.2, 0) is 13.0 Å². The Hall–Kier alpha value is -3.25. The van der Waals surface area contributed by atoms with Crippen molar-refractivity contribution in [3.63, 3.8) is 0 Å². The number of benzene rings is 2. The van der Waals surface area contributed by atoms with Gasteiger partial charge in [0.2, 0.25) is 0 Å². The molecule has 1 N–H and O–H groups in total. The predicted molar refractivity (Wildman–Crippen MR) is 117 cm³/mol. The van der Waals surface area contributed by atoms with Crippen molar-refractivity contribution in [1.29, 1.82) is 0 Å². The van der Waals surface area contributed by atoms with Crippen molar-refractivity contribution in [2.45, 2.75) is 32.7 Å². The van der Waals surface area contributed by atoms with E-state index in [1.807, 2.05) is 37.3 Å². The van der Waals surface area contributed by atoms with Crippen LogP contribution in [0.15, 0.2) is 69.6 Å². The SMILES string of the molecule is Cc1onc(-c2ccccc2)c1-c1nnc(C[NH+]2CCC(Cc3ccccc3)CC2)o1. The van der Waals surface area contributed by atoms with Gasteiger partial charge in [-0.25, -0.2) is 0 Å². The van der Waals surface area contributed by atoms with E-state index in [0.717, 1.165) is 42.4 Å². The molecule has 0 spiro atoms. The molecule has 3 heterocycles. The standard InChI is InChI=1S/C25H26N4O2/c1-18-23(24(28-31-18)21-10-6-3-7-11-21)25-27-26-22(30-25)17-29-14-12-20(13-15-29)16-19-8-4-2-5-9-19/h2-11,20H,12-17H2,1H3/p+1. The maximum atomic E-state index is 6.05. The smallest absolute Gasteiger partial charge is 0.271 e. The van der Waals surface area contributed by atoms with Crippen LogP contribution in [0.2, 0.25) is 0 Å². The zero-order chi connectivity index (χ0) is 21.0. The summed E-state index contributed by atoms with van der Waals surface area (Å²) in [4.78, 5) is 1.50. The first-order valence-corrected chi connectivity index (χ1v) is 11.0. The molecule has 6 nitrogen and oxygen atoms in total. The highest BCUT2D eigenvalue weighted by molar-refractivity contribution is 5.77. The van der Waals surface area contributed by atoms with Crippen molar-refractivity contribution in [2.75, 3.05) is 13.1 Å². The second kappa shape index (κ2) is 8.86. The van der Waals surface area contributed by atoms with Gasteiger partial charge in [-0.2, -0.15) is 0 Å². The molecule has 2 aromatic heterocycles. The molecule has 5 rings (SSSR count). The van der Waals surface area contributed by atoms with E-state index in [4.69, 9.17) is 8.94 Å². The molecule has 0 radical (unpaired) electrons. The Bertz CT molecular complexity index is 1110. The number of piperidine rings is 1. The third kappa shape index (κ3) is 4.44. The van der Waals surface area contributed by atoms with Gasteiger partial charge in [0.25, 0.3) is 11.8 Å². The molecule has 31 heavy (non-hydrogen) atoms. The fourth-order valence-corrected chi connectivity index (χ4v) is 4.47. The third-order valence-corrected chi connectivity index (χ3v) is 6.17. The van der Waals surface area contributed by atoms with E-state index in [9.17, 15) is 0 Å². The number of aryl methyl sites for hydroxylation is 1. The van der Waals surface area contributed by atoms with Crippen LogP contribution >= 0.6 is 0 Å². The summed E-state index contributed by atoms with van der Waals surface area (Å²) in [5.74, 6) is 2.60. The van der Waals surface area contributed by atoms with Gasteiger partial charge < -0.3 is 13.8 Å². The van der Waals surface area contributed by atoms with Crippen LogP contribution in [0.5, 0.6) is 0 Å². The van der Waals surface area contributed by atoms with Gasteiger partial charge in [0.05, 0.1) is 13.1 Å². The summed E-state index contributed by atoms with van der Waals surface area (Å²) in [6.45, 7) is 4.91. The summed E-state index contributed by atoms with van der Waals surface area (Å²) < 4.78 is 11.5. The van der Waals surface area contributed by atoms with Crippen LogP contribution in [0.4, 0.5) is 0 Å². The highest BCUT2D eigenvalue weighted by Gasteiger charge is 2.26. The third-order valence-electron chi connectivity index (χ3n) is 6.17. The highest BCUT2D eigenvalue weighted by Crippen LogP contribution is 2.33. The van der Waals surface area contributed by atoms with Crippen LogP contribution < -0.4 is 4.90 Å². The Morgan fingerprint density at radius 3 is 2.39 bits per heavy atom. The summed E-state index contributed by atoms with van der Waals surface area (Å²) >= 11 is 0. The molecule has 2 aromatic carbocycles. The van der Waals surface area contributed by atoms with E-state index in [1.54, 1.807) is 0 Å². The molecule has 4 aromatic rings. The first kappa shape index (κ1) is 19.7. The number of aromatic nitrogens is 3. The minimum absolute atomic E-state index is 0.478. The molecule has 0 unspecified atom stereocenters. The van der Waals surface area contributed by atoms with E-state index in [0.29, 0.717) is 17.5 Å². The fraction of sp³-hybridized carbons (Fsp3) is 0.320. The van der Waals surface area contributed by atoms with E-state index in [1.165, 1.54) is 29.7 Å². The first-order chi connectivity index (χ1) is 15.3. The van der Waals surface area contributed by atoms with Gasteiger partial charge in [-0.05, 0) is 37.7 Å². The van der Waals surface area contributed by atoms with Gasteiger partial charge in [0.15, 0.2) is 6.54 Å². The number of hydrogen-bond donors (Lipinski definition) is 1. The highest BCUT2D eigenvalue weighted by atomic mass is 16.5. The molecule has 0 aliphatic carbocycles. The van der Waals surface area contributed by atoms with Crippen LogP contribution in [0.3, 0.4) is 0 Å². The number of nitrogens with zero attached hydrogens (tertiary/aromatic N) is 3. The maximum absolute atomic E-state index is 6.05. The molecule has 1 aliphatic rings. The Morgan fingerprint density at radius 2 is 1.65 bits per heavy atom. The summed E-state index contributed by atoms with van der Waals surface area (Å²) in [6, 6.07) is 20.7. The average Bonchev–Trinajstić information content (AvgIpc) is 3.42. The maximum Gasteiger partial charge on any atom is 0.271 e. The molecule has 0 saturated carbocycles. The van der Waals surface area contributed by atoms with Gasteiger partial charge >= 0.3 is 0 Å². The van der Waals surface area contributed by atoms with Gasteiger partial charge in [-0.1, -0.05) is 65.8 Å². The Labute approximate surface area is 181 Å². The number of rotatable bonds is 6. The minimum atomic E-state index is 0.478. The molecule has 0 bridgehead atoms. The fourth-order valence-electron chi connectivity index (χ4n) is 4.47. The molecule has 158 valence electrons. The topological polar surface area (TPSA) is 69.4 Å². The van der Waals surface area contributed by atoms with Crippen LogP contribution in [0.25, 0.3) is 22.7 Å². The molecular weight excluding hydrogens is 388 g/mol. The lowest BCUT2D eigenvalue weighted by molar-refractivity contribution is -0.921. The average molecular weight is 416 g/mol. The van der Waals surface area contributed by atoms with E-state index < -0.39 is 0 Å². The van der Waals surface area contributed by atoms with E-state index in [-0.39, 0.29) is 0 Å². The minimum Gasteiger partial charge on any atom is -0.415 e.